The highest BCUT2D eigenvalue weighted by Crippen LogP contribution is 2.34. The summed E-state index contributed by atoms with van der Waals surface area (Å²) in [5.74, 6) is -0.109. The fraction of sp³-hybridized carbons (Fsp3) is 0.400. The van der Waals surface area contributed by atoms with Gasteiger partial charge in [0.25, 0.3) is 0 Å². The molecule has 3 aromatic rings. The van der Waals surface area contributed by atoms with Gasteiger partial charge in [0.2, 0.25) is 0 Å². The molecule has 4 nitrogen and oxygen atoms in total. The fourth-order valence-electron chi connectivity index (χ4n) is 4.10. The van der Waals surface area contributed by atoms with E-state index < -0.39 is 0 Å². The normalized spacial score (nSPS) is 14.4. The molecule has 0 saturated carbocycles. The molecular weight excluding hydrogens is 428 g/mol. The maximum Gasteiger partial charge on any atom is 0.306 e. The maximum atomic E-state index is 11.7. The third-order valence-corrected chi connectivity index (χ3v) is 6.90. The van der Waals surface area contributed by atoms with Crippen molar-refractivity contribution in [3.63, 3.8) is 0 Å². The first-order valence-electron chi connectivity index (χ1n) is 10.9. The lowest BCUT2D eigenvalue weighted by Gasteiger charge is -2.36. The van der Waals surface area contributed by atoms with Gasteiger partial charge < -0.3 is 9.64 Å². The van der Waals surface area contributed by atoms with Crippen LogP contribution in [0.5, 0.6) is 0 Å². The van der Waals surface area contributed by atoms with Crippen LogP contribution in [-0.4, -0.2) is 50.2 Å². The molecule has 0 spiro atoms. The smallest absolute Gasteiger partial charge is 0.306 e. The van der Waals surface area contributed by atoms with Crippen molar-refractivity contribution in [1.82, 2.24) is 4.90 Å². The van der Waals surface area contributed by atoms with Crippen molar-refractivity contribution in [2.75, 3.05) is 44.2 Å². The maximum absolute atomic E-state index is 11.7. The molecule has 166 valence electrons. The van der Waals surface area contributed by atoms with Gasteiger partial charge in [-0.15, -0.1) is 23.7 Å². The van der Waals surface area contributed by atoms with Crippen LogP contribution in [0.1, 0.15) is 23.8 Å². The molecule has 1 aromatic heterocycles. The first-order chi connectivity index (χ1) is 14.7. The molecule has 0 atom stereocenters. The Hall–Kier alpha value is -2.08. The molecule has 2 heterocycles. The van der Waals surface area contributed by atoms with E-state index in [1.54, 1.807) is 11.3 Å². The third-order valence-electron chi connectivity index (χ3n) is 5.74. The number of ether oxygens (including phenoxy) is 1. The fourth-order valence-corrected chi connectivity index (χ4v) is 5.18. The second-order valence-electron chi connectivity index (χ2n) is 7.77. The zero-order chi connectivity index (χ0) is 20.8. The van der Waals surface area contributed by atoms with E-state index in [1.165, 1.54) is 26.2 Å². The molecule has 0 bridgehead atoms. The highest BCUT2D eigenvalue weighted by molar-refractivity contribution is 7.19. The lowest BCUT2D eigenvalue weighted by atomic mass is 10.1. The van der Waals surface area contributed by atoms with Crippen LogP contribution in [0, 0.1) is 0 Å². The predicted molar refractivity (Wildman–Crippen MR) is 133 cm³/mol. The SMILES string of the molecule is CCOC(=O)CCc1cc2c(N3CCN(CCc4ccccc4)CC3)cccc2s1.Cl. The van der Waals surface area contributed by atoms with E-state index >= 15 is 0 Å². The summed E-state index contributed by atoms with van der Waals surface area (Å²) in [6, 6.07) is 19.6. The van der Waals surface area contributed by atoms with Crippen LogP contribution in [0.15, 0.2) is 54.6 Å². The van der Waals surface area contributed by atoms with E-state index in [4.69, 9.17) is 4.74 Å². The number of halogens is 1. The molecule has 6 heteroatoms. The minimum absolute atomic E-state index is 0. The van der Waals surface area contributed by atoms with Crippen LogP contribution in [0.25, 0.3) is 10.1 Å². The van der Waals surface area contributed by atoms with Gasteiger partial charge in [0.1, 0.15) is 0 Å². The number of benzene rings is 2. The Balaban J connectivity index is 0.00000272. The number of esters is 1. The molecule has 1 aliphatic heterocycles. The summed E-state index contributed by atoms with van der Waals surface area (Å²) in [5, 5.41) is 1.32. The number of thiophene rings is 1. The second-order valence-corrected chi connectivity index (χ2v) is 8.94. The number of nitrogens with zero attached hydrogens (tertiary/aromatic N) is 2. The van der Waals surface area contributed by atoms with Crippen LogP contribution in [0.2, 0.25) is 0 Å². The molecule has 1 saturated heterocycles. The Labute approximate surface area is 195 Å². The summed E-state index contributed by atoms with van der Waals surface area (Å²) in [4.78, 5) is 18.0. The highest BCUT2D eigenvalue weighted by atomic mass is 35.5. The van der Waals surface area contributed by atoms with E-state index in [0.717, 1.165) is 45.6 Å². The molecule has 0 aliphatic carbocycles. The number of rotatable bonds is 8. The zero-order valence-corrected chi connectivity index (χ0v) is 19.7. The van der Waals surface area contributed by atoms with E-state index in [-0.39, 0.29) is 18.4 Å². The Morgan fingerprint density at radius 1 is 1.00 bits per heavy atom. The molecular formula is C25H31ClN2O2S. The van der Waals surface area contributed by atoms with Crippen molar-refractivity contribution in [2.24, 2.45) is 0 Å². The average molecular weight is 459 g/mol. The molecule has 1 aliphatic rings. The van der Waals surface area contributed by atoms with Gasteiger partial charge >= 0.3 is 5.97 Å². The van der Waals surface area contributed by atoms with Crippen LogP contribution < -0.4 is 4.90 Å². The first kappa shape index (κ1) is 23.6. The molecule has 31 heavy (non-hydrogen) atoms. The summed E-state index contributed by atoms with van der Waals surface area (Å²) < 4.78 is 6.37. The number of carbonyl (C=O) groups excluding carboxylic acids is 1. The molecule has 2 aromatic carbocycles. The van der Waals surface area contributed by atoms with Crippen molar-refractivity contribution in [3.8, 4) is 0 Å². The monoisotopic (exact) mass is 458 g/mol. The number of aryl methyl sites for hydroxylation is 1. The van der Waals surface area contributed by atoms with Crippen LogP contribution in [0.4, 0.5) is 5.69 Å². The zero-order valence-electron chi connectivity index (χ0n) is 18.1. The second kappa shape index (κ2) is 11.5. The molecule has 0 unspecified atom stereocenters. The van der Waals surface area contributed by atoms with E-state index in [1.807, 2.05) is 6.92 Å². The lowest BCUT2D eigenvalue weighted by Crippen LogP contribution is -2.47. The number of anilines is 1. The molecule has 1 fully saturated rings. The molecule has 4 rings (SSSR count). The van der Waals surface area contributed by atoms with Gasteiger partial charge in [0, 0.05) is 53.4 Å². The molecule has 0 amide bonds. The summed E-state index contributed by atoms with van der Waals surface area (Å²) in [7, 11) is 0. The van der Waals surface area contributed by atoms with Crippen LogP contribution in [-0.2, 0) is 22.4 Å². The number of hydrogen-bond acceptors (Lipinski definition) is 5. The van der Waals surface area contributed by atoms with Crippen molar-refractivity contribution >= 4 is 45.5 Å². The molecule has 0 radical (unpaired) electrons. The van der Waals surface area contributed by atoms with Gasteiger partial charge in [-0.2, -0.15) is 0 Å². The third kappa shape index (κ3) is 6.22. The summed E-state index contributed by atoms with van der Waals surface area (Å²) in [5.41, 5.74) is 2.74. The van der Waals surface area contributed by atoms with Gasteiger partial charge in [-0.1, -0.05) is 36.4 Å². The van der Waals surface area contributed by atoms with Crippen molar-refractivity contribution in [1.29, 1.82) is 0 Å². The van der Waals surface area contributed by atoms with E-state index in [2.05, 4.69) is 64.4 Å². The standard InChI is InChI=1S/C25H30N2O2S.ClH/c1-2-29-25(28)12-11-21-19-22-23(9-6-10-24(22)30-21)27-17-15-26(16-18-27)14-13-20-7-4-3-5-8-20;/h3-10,19H,2,11-18H2,1H3;1H. The Kier molecular flexibility index (Phi) is 8.76. The minimum atomic E-state index is -0.109. The van der Waals surface area contributed by atoms with Crippen molar-refractivity contribution in [3.05, 3.63) is 65.0 Å². The van der Waals surface area contributed by atoms with Gasteiger partial charge in [-0.05, 0) is 43.5 Å². The summed E-state index contributed by atoms with van der Waals surface area (Å²) in [6.45, 7) is 7.74. The van der Waals surface area contributed by atoms with E-state index in [9.17, 15) is 4.79 Å². The predicted octanol–water partition coefficient (Wildman–Crippen LogP) is 5.18. The minimum Gasteiger partial charge on any atom is -0.466 e. The summed E-state index contributed by atoms with van der Waals surface area (Å²) in [6.07, 6.45) is 2.33. The van der Waals surface area contributed by atoms with Crippen molar-refractivity contribution in [2.45, 2.75) is 26.2 Å². The average Bonchev–Trinajstić information content (AvgIpc) is 3.21. The van der Waals surface area contributed by atoms with Gasteiger partial charge in [-0.25, -0.2) is 0 Å². The van der Waals surface area contributed by atoms with Crippen molar-refractivity contribution < 1.29 is 9.53 Å². The summed E-state index contributed by atoms with van der Waals surface area (Å²) >= 11 is 1.80. The van der Waals surface area contributed by atoms with Crippen LogP contribution >= 0.6 is 23.7 Å². The number of hydrogen-bond donors (Lipinski definition) is 0. The topological polar surface area (TPSA) is 32.8 Å². The number of carbonyl (C=O) groups is 1. The Bertz CT molecular complexity index is 968. The highest BCUT2D eigenvalue weighted by Gasteiger charge is 2.19. The Morgan fingerprint density at radius 2 is 1.77 bits per heavy atom. The van der Waals surface area contributed by atoms with Gasteiger partial charge in [-0.3, -0.25) is 9.69 Å². The number of fused-ring (bicyclic) bond motifs is 1. The quantitative estimate of drug-likeness (QED) is 0.435. The van der Waals surface area contributed by atoms with Gasteiger partial charge in [0.05, 0.1) is 13.0 Å². The number of piperazine rings is 1. The molecule has 0 N–H and O–H groups in total. The first-order valence-corrected chi connectivity index (χ1v) is 11.7. The van der Waals surface area contributed by atoms with Gasteiger partial charge in [0.15, 0.2) is 0 Å². The Morgan fingerprint density at radius 3 is 2.52 bits per heavy atom. The van der Waals surface area contributed by atoms with E-state index in [0.29, 0.717) is 13.0 Å². The largest absolute Gasteiger partial charge is 0.466 e. The lowest BCUT2D eigenvalue weighted by molar-refractivity contribution is -0.143. The van der Waals surface area contributed by atoms with Crippen LogP contribution in [0.3, 0.4) is 0 Å².